The molecular formula is C17H17N3O3. The van der Waals surface area contributed by atoms with Crippen molar-refractivity contribution in [1.82, 2.24) is 15.1 Å². The molecule has 2 N–H and O–H groups in total. The number of aliphatic carboxylic acids is 1. The number of carbonyl (C=O) groups excluding carboxylic acids is 1. The molecule has 6 nitrogen and oxygen atoms in total. The molecule has 2 aliphatic carbocycles. The minimum Gasteiger partial charge on any atom is -0.481 e. The van der Waals surface area contributed by atoms with Gasteiger partial charge in [0.1, 0.15) is 0 Å². The average Bonchev–Trinajstić information content (AvgIpc) is 3.15. The first-order chi connectivity index (χ1) is 11.1. The Kier molecular flexibility index (Phi) is 3.18. The van der Waals surface area contributed by atoms with Crippen LogP contribution in [0.25, 0.3) is 0 Å². The maximum atomic E-state index is 12.4. The summed E-state index contributed by atoms with van der Waals surface area (Å²) in [7, 11) is 0. The minimum atomic E-state index is -0.851. The molecule has 2 aromatic rings. The Balaban J connectivity index is 1.54. The highest BCUT2D eigenvalue weighted by Gasteiger charge is 2.36. The van der Waals surface area contributed by atoms with E-state index in [0.717, 1.165) is 24.0 Å². The Morgan fingerprint density at radius 3 is 2.65 bits per heavy atom. The van der Waals surface area contributed by atoms with Gasteiger partial charge in [-0.05, 0) is 30.4 Å². The molecule has 4 rings (SSSR count). The van der Waals surface area contributed by atoms with E-state index in [9.17, 15) is 14.7 Å². The number of aromatic nitrogens is 2. The number of nitrogens with zero attached hydrogens (tertiary/aromatic N) is 2. The summed E-state index contributed by atoms with van der Waals surface area (Å²) in [5, 5.41) is 16.6. The second-order valence-corrected chi connectivity index (χ2v) is 6.22. The first kappa shape index (κ1) is 14.0. The summed E-state index contributed by atoms with van der Waals surface area (Å²) in [4.78, 5) is 23.9. The van der Waals surface area contributed by atoms with Crippen LogP contribution in [0.15, 0.2) is 36.7 Å². The van der Waals surface area contributed by atoms with Crippen molar-refractivity contribution in [2.75, 3.05) is 0 Å². The van der Waals surface area contributed by atoms with Gasteiger partial charge in [-0.15, -0.1) is 0 Å². The highest BCUT2D eigenvalue weighted by molar-refractivity contribution is 5.94. The van der Waals surface area contributed by atoms with Gasteiger partial charge in [0.05, 0.1) is 29.8 Å². The fourth-order valence-corrected chi connectivity index (χ4v) is 3.24. The predicted octanol–water partition coefficient (Wildman–Crippen LogP) is 2.26. The van der Waals surface area contributed by atoms with E-state index in [1.54, 1.807) is 12.4 Å². The lowest BCUT2D eigenvalue weighted by atomic mass is 10.0. The van der Waals surface area contributed by atoms with Crippen LogP contribution in [0.3, 0.4) is 0 Å². The van der Waals surface area contributed by atoms with E-state index < -0.39 is 11.9 Å². The van der Waals surface area contributed by atoms with Gasteiger partial charge < -0.3 is 10.4 Å². The number of carboxylic acid groups (broad SMARTS) is 1. The van der Waals surface area contributed by atoms with Crippen molar-refractivity contribution in [3.63, 3.8) is 0 Å². The molecule has 0 spiro atoms. The third-order valence-corrected chi connectivity index (χ3v) is 4.61. The third-order valence-electron chi connectivity index (χ3n) is 4.61. The van der Waals surface area contributed by atoms with Crippen LogP contribution >= 0.6 is 0 Å². The number of carbonyl (C=O) groups is 2. The Morgan fingerprint density at radius 2 is 1.96 bits per heavy atom. The summed E-state index contributed by atoms with van der Waals surface area (Å²) in [6.45, 7) is 0. The Hall–Kier alpha value is -2.63. The maximum Gasteiger partial charge on any atom is 0.311 e. The zero-order valence-corrected chi connectivity index (χ0v) is 12.5. The van der Waals surface area contributed by atoms with Crippen molar-refractivity contribution in [2.45, 2.75) is 37.3 Å². The number of hydrogen-bond acceptors (Lipinski definition) is 3. The van der Waals surface area contributed by atoms with Crippen LogP contribution < -0.4 is 5.32 Å². The standard InChI is InChI=1S/C17H17N3O3/c21-16(10-8-18-20(9-10)11-5-6-11)19-15-7-14(17(22)23)12-3-1-2-4-13(12)15/h1-4,8-9,11,14-15H,5-7H2,(H,19,21)(H,22,23). The van der Waals surface area contributed by atoms with Crippen LogP contribution in [0, 0.1) is 0 Å². The molecule has 0 saturated heterocycles. The summed E-state index contributed by atoms with van der Waals surface area (Å²) in [6.07, 6.45) is 5.95. The number of rotatable bonds is 4. The topological polar surface area (TPSA) is 84.2 Å². The summed E-state index contributed by atoms with van der Waals surface area (Å²) in [6, 6.07) is 7.57. The summed E-state index contributed by atoms with van der Waals surface area (Å²) in [5.74, 6) is -1.62. The van der Waals surface area contributed by atoms with Crippen molar-refractivity contribution < 1.29 is 14.7 Å². The molecule has 6 heteroatoms. The normalized spacial score (nSPS) is 22.6. The molecule has 2 aliphatic rings. The Bertz CT molecular complexity index is 779. The van der Waals surface area contributed by atoms with E-state index >= 15 is 0 Å². The molecule has 0 aliphatic heterocycles. The van der Waals surface area contributed by atoms with Crippen LogP contribution in [0.1, 0.15) is 58.7 Å². The molecule has 23 heavy (non-hydrogen) atoms. The third kappa shape index (κ3) is 2.50. The highest BCUT2D eigenvalue weighted by Crippen LogP contribution is 2.40. The fraction of sp³-hybridized carbons (Fsp3) is 0.353. The van der Waals surface area contributed by atoms with Gasteiger partial charge in [0.2, 0.25) is 0 Å². The van der Waals surface area contributed by atoms with E-state index in [0.29, 0.717) is 18.0 Å². The molecule has 2 atom stereocenters. The van der Waals surface area contributed by atoms with Crippen LogP contribution in [0.4, 0.5) is 0 Å². The molecule has 1 saturated carbocycles. The predicted molar refractivity (Wildman–Crippen MR) is 82.1 cm³/mol. The number of nitrogens with one attached hydrogen (secondary N) is 1. The van der Waals surface area contributed by atoms with E-state index in [-0.39, 0.29) is 11.9 Å². The molecule has 0 bridgehead atoms. The molecule has 1 aromatic heterocycles. The molecule has 1 amide bonds. The molecule has 1 fully saturated rings. The summed E-state index contributed by atoms with van der Waals surface area (Å²) < 4.78 is 1.83. The molecule has 2 unspecified atom stereocenters. The lowest BCUT2D eigenvalue weighted by Crippen LogP contribution is -2.27. The van der Waals surface area contributed by atoms with E-state index in [4.69, 9.17) is 0 Å². The van der Waals surface area contributed by atoms with Gasteiger partial charge in [0.15, 0.2) is 0 Å². The van der Waals surface area contributed by atoms with E-state index in [1.807, 2.05) is 28.9 Å². The second-order valence-electron chi connectivity index (χ2n) is 6.22. The van der Waals surface area contributed by atoms with Gasteiger partial charge in [-0.3, -0.25) is 14.3 Å². The number of fused-ring (bicyclic) bond motifs is 1. The number of amides is 1. The average molecular weight is 311 g/mol. The van der Waals surface area contributed by atoms with E-state index in [2.05, 4.69) is 10.4 Å². The number of hydrogen-bond donors (Lipinski definition) is 2. The van der Waals surface area contributed by atoms with Gasteiger partial charge in [0, 0.05) is 6.20 Å². The zero-order valence-electron chi connectivity index (χ0n) is 12.5. The van der Waals surface area contributed by atoms with E-state index in [1.165, 1.54) is 0 Å². The van der Waals surface area contributed by atoms with Gasteiger partial charge in [-0.1, -0.05) is 24.3 Å². The molecule has 118 valence electrons. The smallest absolute Gasteiger partial charge is 0.311 e. The quantitative estimate of drug-likeness (QED) is 0.907. The SMILES string of the molecule is O=C(NC1CC(C(=O)O)c2ccccc21)c1cnn(C2CC2)c1. The first-order valence-corrected chi connectivity index (χ1v) is 7.80. The summed E-state index contributed by atoms with van der Waals surface area (Å²) >= 11 is 0. The van der Waals surface area contributed by atoms with Crippen LogP contribution in [0.2, 0.25) is 0 Å². The Labute approximate surface area is 133 Å². The first-order valence-electron chi connectivity index (χ1n) is 7.80. The summed E-state index contributed by atoms with van der Waals surface area (Å²) in [5.41, 5.74) is 2.20. The number of benzene rings is 1. The van der Waals surface area contributed by atoms with Crippen LogP contribution in [-0.4, -0.2) is 26.8 Å². The van der Waals surface area contributed by atoms with Crippen molar-refractivity contribution >= 4 is 11.9 Å². The van der Waals surface area contributed by atoms with Gasteiger partial charge in [0.25, 0.3) is 5.91 Å². The fourth-order valence-electron chi connectivity index (χ4n) is 3.24. The number of carboxylic acids is 1. The van der Waals surface area contributed by atoms with Crippen molar-refractivity contribution in [2.24, 2.45) is 0 Å². The lowest BCUT2D eigenvalue weighted by molar-refractivity contribution is -0.138. The molecule has 1 heterocycles. The van der Waals surface area contributed by atoms with Crippen molar-refractivity contribution in [3.8, 4) is 0 Å². The van der Waals surface area contributed by atoms with Crippen molar-refractivity contribution in [3.05, 3.63) is 53.3 Å². The molecular weight excluding hydrogens is 294 g/mol. The maximum absolute atomic E-state index is 12.4. The van der Waals surface area contributed by atoms with Gasteiger partial charge >= 0.3 is 5.97 Å². The minimum absolute atomic E-state index is 0.206. The van der Waals surface area contributed by atoms with Gasteiger partial charge in [-0.25, -0.2) is 0 Å². The monoisotopic (exact) mass is 311 g/mol. The molecule has 0 radical (unpaired) electrons. The van der Waals surface area contributed by atoms with Crippen LogP contribution in [0.5, 0.6) is 0 Å². The van der Waals surface area contributed by atoms with Crippen LogP contribution in [-0.2, 0) is 4.79 Å². The molecule has 1 aromatic carbocycles. The Morgan fingerprint density at radius 1 is 1.22 bits per heavy atom. The highest BCUT2D eigenvalue weighted by atomic mass is 16.4. The largest absolute Gasteiger partial charge is 0.481 e. The lowest BCUT2D eigenvalue weighted by Gasteiger charge is -2.13. The second kappa shape index (κ2) is 5.22. The van der Waals surface area contributed by atoms with Crippen molar-refractivity contribution in [1.29, 1.82) is 0 Å². The zero-order chi connectivity index (χ0) is 16.0. The van der Waals surface area contributed by atoms with Gasteiger partial charge in [-0.2, -0.15) is 5.10 Å².